The number of hydrogen-bond acceptors (Lipinski definition) is 7. The van der Waals surface area contributed by atoms with Crippen molar-refractivity contribution in [2.45, 2.75) is 4.90 Å². The van der Waals surface area contributed by atoms with Crippen LogP contribution >= 0.6 is 0 Å². The van der Waals surface area contributed by atoms with Gasteiger partial charge in [0.1, 0.15) is 5.76 Å². The van der Waals surface area contributed by atoms with Crippen molar-refractivity contribution in [3.05, 3.63) is 71.9 Å². The molecule has 10 heteroatoms. The number of fused-ring (bicyclic) bond motifs is 1. The zero-order valence-corrected chi connectivity index (χ0v) is 16.3. The largest absolute Gasteiger partial charge is 0.507 e. The number of ketones is 1. The zero-order valence-electron chi connectivity index (χ0n) is 15.5. The monoisotopic (exact) mass is 429 g/mol. The van der Waals surface area contributed by atoms with Crippen LogP contribution in [-0.4, -0.2) is 47.4 Å². The molecule has 2 N–H and O–H groups in total. The third-order valence-electron chi connectivity index (χ3n) is 4.25. The SMILES string of the molecule is COC(=O)C(=O)C=C(O)c1cn(S(=O)(=O)c2ccccc2)c2ccc(C(=O)O)cc12. The Morgan fingerprint density at radius 3 is 2.30 bits per heavy atom. The van der Waals surface area contributed by atoms with Crippen molar-refractivity contribution in [3.8, 4) is 0 Å². The minimum Gasteiger partial charge on any atom is -0.507 e. The van der Waals surface area contributed by atoms with Crippen LogP contribution in [-0.2, 0) is 24.3 Å². The van der Waals surface area contributed by atoms with Gasteiger partial charge >= 0.3 is 11.9 Å². The van der Waals surface area contributed by atoms with Crippen LogP contribution in [0, 0.1) is 0 Å². The van der Waals surface area contributed by atoms with Gasteiger partial charge in [0.15, 0.2) is 0 Å². The topological polar surface area (TPSA) is 140 Å². The summed E-state index contributed by atoms with van der Waals surface area (Å²) in [5, 5.41) is 19.7. The lowest BCUT2D eigenvalue weighted by molar-refractivity contribution is -0.149. The number of hydrogen-bond donors (Lipinski definition) is 2. The lowest BCUT2D eigenvalue weighted by Gasteiger charge is -2.07. The van der Waals surface area contributed by atoms with E-state index in [0.717, 1.165) is 23.3 Å². The summed E-state index contributed by atoms with van der Waals surface area (Å²) in [6.07, 6.45) is 1.63. The maximum absolute atomic E-state index is 13.1. The van der Waals surface area contributed by atoms with E-state index in [2.05, 4.69) is 4.74 Å². The normalized spacial score (nSPS) is 12.0. The number of esters is 1. The fourth-order valence-corrected chi connectivity index (χ4v) is 4.19. The molecule has 0 saturated heterocycles. The fraction of sp³-hybridized carbons (Fsp3) is 0.0500. The molecule has 0 amide bonds. The van der Waals surface area contributed by atoms with Crippen molar-refractivity contribution in [3.63, 3.8) is 0 Å². The summed E-state index contributed by atoms with van der Waals surface area (Å²) in [5.41, 5.74) is -0.236. The van der Waals surface area contributed by atoms with E-state index >= 15 is 0 Å². The molecule has 0 unspecified atom stereocenters. The highest BCUT2D eigenvalue weighted by Gasteiger charge is 2.24. The predicted molar refractivity (Wildman–Crippen MR) is 106 cm³/mol. The molecule has 154 valence electrons. The van der Waals surface area contributed by atoms with Crippen molar-refractivity contribution in [1.29, 1.82) is 0 Å². The number of carboxylic acids is 1. The van der Waals surface area contributed by atoms with Crippen LogP contribution in [0.5, 0.6) is 0 Å². The number of nitrogens with zero attached hydrogens (tertiary/aromatic N) is 1. The van der Waals surface area contributed by atoms with Gasteiger partial charge in [-0.05, 0) is 30.3 Å². The highest BCUT2D eigenvalue weighted by atomic mass is 32.2. The summed E-state index contributed by atoms with van der Waals surface area (Å²) in [7, 11) is -3.12. The van der Waals surface area contributed by atoms with Crippen LogP contribution in [0.15, 0.2) is 65.7 Å². The fourth-order valence-electron chi connectivity index (χ4n) is 2.80. The molecule has 0 fully saturated rings. The van der Waals surface area contributed by atoms with Crippen molar-refractivity contribution < 1.29 is 37.8 Å². The number of carboxylic acid groups (broad SMARTS) is 1. The van der Waals surface area contributed by atoms with Gasteiger partial charge in [-0.3, -0.25) is 4.79 Å². The van der Waals surface area contributed by atoms with E-state index in [1.807, 2.05) is 0 Å². The summed E-state index contributed by atoms with van der Waals surface area (Å²) in [6, 6.07) is 11.1. The van der Waals surface area contributed by atoms with Gasteiger partial charge in [-0.1, -0.05) is 18.2 Å². The molecule has 30 heavy (non-hydrogen) atoms. The Bertz CT molecular complexity index is 1300. The van der Waals surface area contributed by atoms with Gasteiger partial charge in [-0.2, -0.15) is 0 Å². The van der Waals surface area contributed by atoms with Crippen LogP contribution in [0.4, 0.5) is 0 Å². The van der Waals surface area contributed by atoms with Gasteiger partial charge in [0, 0.05) is 23.2 Å². The zero-order chi connectivity index (χ0) is 22.1. The molecule has 3 rings (SSSR count). The van der Waals surface area contributed by atoms with Crippen molar-refractivity contribution in [1.82, 2.24) is 3.97 Å². The van der Waals surface area contributed by atoms with E-state index in [1.165, 1.54) is 36.4 Å². The standard InChI is InChI=1S/C20H15NO8S/c1-29-20(26)18(23)10-17(22)15-11-21(30(27,28)13-5-3-2-4-6-13)16-8-7-12(19(24)25)9-14(15)16/h2-11,22H,1H3,(H,24,25). The van der Waals surface area contributed by atoms with Gasteiger partial charge < -0.3 is 14.9 Å². The van der Waals surface area contributed by atoms with Crippen LogP contribution in [0.3, 0.4) is 0 Å². The molecule has 9 nitrogen and oxygen atoms in total. The lowest BCUT2D eigenvalue weighted by Crippen LogP contribution is -2.13. The Hall–Kier alpha value is -3.92. The molecule has 0 bridgehead atoms. The summed E-state index contributed by atoms with van der Waals surface area (Å²) in [5.74, 6) is -4.39. The summed E-state index contributed by atoms with van der Waals surface area (Å²) in [6.45, 7) is 0. The molecule has 1 heterocycles. The third kappa shape index (κ3) is 3.67. The second-order valence-corrected chi connectivity index (χ2v) is 7.89. The van der Waals surface area contributed by atoms with Gasteiger partial charge in [-0.25, -0.2) is 22.0 Å². The van der Waals surface area contributed by atoms with Crippen LogP contribution in [0.25, 0.3) is 16.7 Å². The Labute approximate surface area is 170 Å². The first-order chi connectivity index (χ1) is 14.2. The van der Waals surface area contributed by atoms with E-state index in [0.29, 0.717) is 6.08 Å². The highest BCUT2D eigenvalue weighted by Crippen LogP contribution is 2.30. The molecule has 0 aliphatic rings. The number of aromatic nitrogens is 1. The first kappa shape index (κ1) is 20.8. The van der Waals surface area contributed by atoms with E-state index in [-0.39, 0.29) is 26.9 Å². The first-order valence-corrected chi connectivity index (χ1v) is 9.83. The number of aliphatic hydroxyl groups excluding tert-OH is 1. The number of aliphatic hydroxyl groups is 1. The first-order valence-electron chi connectivity index (χ1n) is 8.39. The minimum absolute atomic E-state index is 0.0372. The molecule has 0 spiro atoms. The Morgan fingerprint density at radius 1 is 1.03 bits per heavy atom. The van der Waals surface area contributed by atoms with Crippen LogP contribution in [0.2, 0.25) is 0 Å². The highest BCUT2D eigenvalue weighted by molar-refractivity contribution is 7.90. The van der Waals surface area contributed by atoms with E-state index < -0.39 is 33.5 Å². The minimum atomic E-state index is -4.11. The van der Waals surface area contributed by atoms with Crippen LogP contribution < -0.4 is 0 Å². The average Bonchev–Trinajstić information content (AvgIpc) is 3.13. The summed E-state index contributed by atoms with van der Waals surface area (Å²) in [4.78, 5) is 34.4. The number of benzene rings is 2. The lowest BCUT2D eigenvalue weighted by atomic mass is 10.1. The Morgan fingerprint density at radius 2 is 1.70 bits per heavy atom. The molecule has 1 aromatic heterocycles. The van der Waals surface area contributed by atoms with E-state index in [4.69, 9.17) is 0 Å². The molecular formula is C20H15NO8S. The smallest absolute Gasteiger partial charge is 0.378 e. The Kier molecular flexibility index (Phi) is 5.43. The molecule has 0 saturated carbocycles. The van der Waals surface area contributed by atoms with Gasteiger partial charge in [0.25, 0.3) is 15.8 Å². The van der Waals surface area contributed by atoms with Crippen molar-refractivity contribution >= 4 is 44.4 Å². The number of carbonyl (C=O) groups excluding carboxylic acids is 2. The predicted octanol–water partition coefficient (Wildman–Crippen LogP) is 2.22. The molecule has 2 aromatic carbocycles. The molecule has 0 radical (unpaired) electrons. The number of aromatic carboxylic acids is 1. The molecule has 0 aliphatic heterocycles. The van der Waals surface area contributed by atoms with Crippen LogP contribution in [0.1, 0.15) is 15.9 Å². The Balaban J connectivity index is 2.29. The summed E-state index contributed by atoms with van der Waals surface area (Å²) < 4.78 is 31.3. The third-order valence-corrected chi connectivity index (χ3v) is 5.94. The number of methoxy groups -OCH3 is 1. The average molecular weight is 429 g/mol. The number of ether oxygens (including phenoxy) is 1. The van der Waals surface area contributed by atoms with Crippen molar-refractivity contribution in [2.75, 3.05) is 7.11 Å². The molecule has 3 aromatic rings. The number of carbonyl (C=O) groups is 3. The molecule has 0 aliphatic carbocycles. The maximum Gasteiger partial charge on any atom is 0.378 e. The second-order valence-electron chi connectivity index (χ2n) is 6.08. The molecular weight excluding hydrogens is 414 g/mol. The molecule has 0 atom stereocenters. The maximum atomic E-state index is 13.1. The van der Waals surface area contributed by atoms with Gasteiger partial charge in [-0.15, -0.1) is 0 Å². The van der Waals surface area contributed by atoms with Gasteiger partial charge in [0.05, 0.1) is 23.1 Å². The van der Waals surface area contributed by atoms with Gasteiger partial charge in [0.2, 0.25) is 0 Å². The van der Waals surface area contributed by atoms with E-state index in [9.17, 15) is 33.0 Å². The van der Waals surface area contributed by atoms with E-state index in [1.54, 1.807) is 6.07 Å². The second kappa shape index (κ2) is 7.84. The quantitative estimate of drug-likeness (QED) is 0.263. The summed E-state index contributed by atoms with van der Waals surface area (Å²) >= 11 is 0. The van der Waals surface area contributed by atoms with Crippen molar-refractivity contribution in [2.24, 2.45) is 0 Å². The number of rotatable bonds is 6.